The van der Waals surface area contributed by atoms with Crippen LogP contribution >= 0.6 is 11.3 Å². The summed E-state index contributed by atoms with van der Waals surface area (Å²) in [5, 5.41) is 3.25. The van der Waals surface area contributed by atoms with E-state index in [-0.39, 0.29) is 11.9 Å². The summed E-state index contributed by atoms with van der Waals surface area (Å²) >= 11 is 1.70. The molecule has 1 aliphatic rings. The van der Waals surface area contributed by atoms with Crippen LogP contribution in [0.25, 0.3) is 0 Å². The number of hydrogen-bond donors (Lipinski definition) is 0. The van der Waals surface area contributed by atoms with E-state index in [1.807, 2.05) is 19.1 Å². The monoisotopic (exact) mass is 334 g/mol. The number of likely N-dealkylation sites (tertiary alicyclic amines) is 1. The molecule has 1 aromatic carbocycles. The molecule has 3 nitrogen and oxygen atoms in total. The maximum atomic E-state index is 13.1. The fraction of sp³-hybridized carbons (Fsp3) is 0.500. The lowest BCUT2D eigenvalue weighted by molar-refractivity contribution is -0.0221. The topological polar surface area (TPSA) is 25.4 Å². The molecule has 3 rings (SSSR count). The van der Waals surface area contributed by atoms with Crippen molar-refractivity contribution < 1.29 is 9.13 Å². The number of nitrogens with zero attached hydrogens (tertiary/aromatic N) is 2. The number of methoxy groups -OCH3 is 1. The Labute approximate surface area is 141 Å². The molecule has 0 unspecified atom stereocenters. The minimum atomic E-state index is -0.185. The molecule has 0 bridgehead atoms. The van der Waals surface area contributed by atoms with Gasteiger partial charge in [-0.05, 0) is 50.4 Å². The van der Waals surface area contributed by atoms with E-state index < -0.39 is 0 Å². The van der Waals surface area contributed by atoms with E-state index in [9.17, 15) is 4.39 Å². The van der Waals surface area contributed by atoms with Crippen LogP contribution in [-0.2, 0) is 17.7 Å². The van der Waals surface area contributed by atoms with Crippen LogP contribution in [0.15, 0.2) is 29.6 Å². The Balaban J connectivity index is 1.76. The summed E-state index contributed by atoms with van der Waals surface area (Å²) in [5.74, 6) is -0.185. The fourth-order valence-electron chi connectivity index (χ4n) is 3.37. The number of hydrogen-bond acceptors (Lipinski definition) is 4. The average molecular weight is 334 g/mol. The summed E-state index contributed by atoms with van der Waals surface area (Å²) in [7, 11) is 1.79. The van der Waals surface area contributed by atoms with Crippen molar-refractivity contribution in [1.29, 1.82) is 0 Å². The Morgan fingerprint density at radius 2 is 2.13 bits per heavy atom. The smallest absolute Gasteiger partial charge is 0.123 e. The summed E-state index contributed by atoms with van der Waals surface area (Å²) < 4.78 is 18.9. The molecule has 5 heteroatoms. The maximum absolute atomic E-state index is 13.1. The van der Waals surface area contributed by atoms with Gasteiger partial charge in [-0.2, -0.15) is 0 Å². The van der Waals surface area contributed by atoms with E-state index in [2.05, 4.69) is 15.3 Å². The highest BCUT2D eigenvalue weighted by Crippen LogP contribution is 2.25. The minimum absolute atomic E-state index is 0.185. The molecule has 1 aromatic heterocycles. The summed E-state index contributed by atoms with van der Waals surface area (Å²) in [4.78, 5) is 7.06. The Morgan fingerprint density at radius 3 is 2.78 bits per heavy atom. The van der Waals surface area contributed by atoms with E-state index in [0.29, 0.717) is 6.04 Å². The Bertz CT molecular complexity index is 628. The van der Waals surface area contributed by atoms with E-state index in [4.69, 9.17) is 4.74 Å². The molecule has 2 aromatic rings. The van der Waals surface area contributed by atoms with Crippen molar-refractivity contribution in [1.82, 2.24) is 9.88 Å². The highest BCUT2D eigenvalue weighted by molar-refractivity contribution is 7.09. The highest BCUT2D eigenvalue weighted by atomic mass is 32.1. The lowest BCUT2D eigenvalue weighted by atomic mass is 9.92. The predicted molar refractivity (Wildman–Crippen MR) is 91.2 cm³/mol. The lowest BCUT2D eigenvalue weighted by Crippen LogP contribution is -2.49. The van der Waals surface area contributed by atoms with Crippen molar-refractivity contribution in [3.8, 4) is 0 Å². The third-order valence-electron chi connectivity index (χ3n) is 4.52. The minimum Gasteiger partial charge on any atom is -0.380 e. The Kier molecular flexibility index (Phi) is 5.41. The molecule has 0 N–H and O–H groups in total. The number of piperidine rings is 1. The molecule has 0 aliphatic carbocycles. The van der Waals surface area contributed by atoms with Crippen LogP contribution in [0.4, 0.5) is 4.39 Å². The Morgan fingerprint density at radius 1 is 1.35 bits per heavy atom. The van der Waals surface area contributed by atoms with Gasteiger partial charge in [0.15, 0.2) is 0 Å². The molecular weight excluding hydrogens is 311 g/mol. The molecule has 1 fully saturated rings. The predicted octanol–water partition coefficient (Wildman–Crippen LogP) is 3.81. The van der Waals surface area contributed by atoms with Crippen LogP contribution in [0.3, 0.4) is 0 Å². The summed E-state index contributed by atoms with van der Waals surface area (Å²) in [6, 6.07) is 7.13. The number of benzene rings is 1. The van der Waals surface area contributed by atoms with Gasteiger partial charge in [-0.15, -0.1) is 11.3 Å². The first-order valence-corrected chi connectivity index (χ1v) is 8.96. The normalized spacial score (nSPS) is 22.4. The average Bonchev–Trinajstić information content (AvgIpc) is 2.96. The van der Waals surface area contributed by atoms with E-state index in [1.54, 1.807) is 18.4 Å². The molecule has 0 radical (unpaired) electrons. The second-order valence-corrected chi connectivity index (χ2v) is 7.20. The van der Waals surface area contributed by atoms with E-state index in [1.165, 1.54) is 12.1 Å². The van der Waals surface area contributed by atoms with Gasteiger partial charge in [0, 0.05) is 25.1 Å². The summed E-state index contributed by atoms with van der Waals surface area (Å²) in [5.41, 5.74) is 2.29. The van der Waals surface area contributed by atoms with Gasteiger partial charge in [0.25, 0.3) is 0 Å². The van der Waals surface area contributed by atoms with Gasteiger partial charge in [0.05, 0.1) is 16.8 Å². The number of thiazole rings is 1. The summed E-state index contributed by atoms with van der Waals surface area (Å²) in [6.45, 7) is 3.96. The molecule has 124 valence electrons. The highest BCUT2D eigenvalue weighted by Gasteiger charge is 2.31. The zero-order chi connectivity index (χ0) is 16.2. The zero-order valence-electron chi connectivity index (χ0n) is 13.7. The van der Waals surface area contributed by atoms with Crippen LogP contribution < -0.4 is 0 Å². The molecule has 1 saturated heterocycles. The molecule has 2 heterocycles. The first-order chi connectivity index (χ1) is 11.2. The second-order valence-electron chi connectivity index (χ2n) is 6.14. The van der Waals surface area contributed by atoms with Gasteiger partial charge < -0.3 is 4.74 Å². The maximum Gasteiger partial charge on any atom is 0.123 e. The van der Waals surface area contributed by atoms with Crippen molar-refractivity contribution >= 4 is 11.3 Å². The molecule has 0 amide bonds. The van der Waals surface area contributed by atoms with E-state index >= 15 is 0 Å². The number of ether oxygens (including phenoxy) is 1. The second kappa shape index (κ2) is 7.51. The standard InChI is InChI=1S/C18H23FN2OS/c1-13-20-16(12-23-13)11-21-9-3-4-18(22-2)17(21)10-14-5-7-15(19)8-6-14/h5-8,12,17-18H,3-4,9-11H2,1-2H3/t17-,18-/m0/s1. The summed E-state index contributed by atoms with van der Waals surface area (Å²) in [6.07, 6.45) is 3.31. The number of aryl methyl sites for hydroxylation is 1. The van der Waals surface area contributed by atoms with Crippen LogP contribution in [0.2, 0.25) is 0 Å². The third kappa shape index (κ3) is 4.16. The molecule has 0 spiro atoms. The van der Waals surface area contributed by atoms with Gasteiger partial charge >= 0.3 is 0 Å². The van der Waals surface area contributed by atoms with Crippen LogP contribution in [-0.4, -0.2) is 35.7 Å². The van der Waals surface area contributed by atoms with Crippen LogP contribution in [0.5, 0.6) is 0 Å². The van der Waals surface area contributed by atoms with Crippen molar-refractivity contribution in [3.05, 3.63) is 51.7 Å². The van der Waals surface area contributed by atoms with Gasteiger partial charge in [0.1, 0.15) is 5.82 Å². The van der Waals surface area contributed by atoms with Crippen LogP contribution in [0.1, 0.15) is 29.1 Å². The largest absolute Gasteiger partial charge is 0.380 e. The fourth-order valence-corrected chi connectivity index (χ4v) is 3.98. The number of aromatic nitrogens is 1. The number of halogens is 1. The van der Waals surface area contributed by atoms with Crippen LogP contribution in [0, 0.1) is 12.7 Å². The SMILES string of the molecule is CO[C@H]1CCCN(Cc2csc(C)n2)[C@H]1Cc1ccc(F)cc1. The van der Waals surface area contributed by atoms with Gasteiger partial charge in [-0.25, -0.2) is 9.37 Å². The number of rotatable bonds is 5. The zero-order valence-corrected chi connectivity index (χ0v) is 14.5. The lowest BCUT2D eigenvalue weighted by Gasteiger charge is -2.40. The van der Waals surface area contributed by atoms with E-state index in [0.717, 1.165) is 48.6 Å². The molecule has 1 aliphatic heterocycles. The van der Waals surface area contributed by atoms with Crippen molar-refractivity contribution in [2.45, 2.75) is 44.9 Å². The van der Waals surface area contributed by atoms with Gasteiger partial charge in [-0.1, -0.05) is 12.1 Å². The molecule has 23 heavy (non-hydrogen) atoms. The quantitative estimate of drug-likeness (QED) is 0.831. The Hall–Kier alpha value is -1.30. The molecule has 2 atom stereocenters. The van der Waals surface area contributed by atoms with Gasteiger partial charge in [-0.3, -0.25) is 4.90 Å². The third-order valence-corrected chi connectivity index (χ3v) is 5.35. The van der Waals surface area contributed by atoms with Crippen molar-refractivity contribution in [3.63, 3.8) is 0 Å². The van der Waals surface area contributed by atoms with Crippen molar-refractivity contribution in [2.24, 2.45) is 0 Å². The molecule has 0 saturated carbocycles. The first kappa shape index (κ1) is 16.6. The first-order valence-electron chi connectivity index (χ1n) is 8.08. The molecular formula is C18H23FN2OS. The van der Waals surface area contributed by atoms with Gasteiger partial charge in [0.2, 0.25) is 0 Å². The van der Waals surface area contributed by atoms with Crippen molar-refractivity contribution in [2.75, 3.05) is 13.7 Å².